The second kappa shape index (κ2) is 9.04. The molecule has 1 aromatic carbocycles. The molecule has 0 aliphatic carbocycles. The molecule has 0 aromatic heterocycles. The van der Waals surface area contributed by atoms with Crippen molar-refractivity contribution >= 4 is 11.9 Å². The van der Waals surface area contributed by atoms with Gasteiger partial charge in [-0.1, -0.05) is 19.1 Å². The number of amides is 1. The molecule has 1 aromatic rings. The Hall–Kier alpha value is -2.08. The third-order valence-electron chi connectivity index (χ3n) is 3.33. The van der Waals surface area contributed by atoms with Crippen LogP contribution in [0.3, 0.4) is 0 Å². The third-order valence-corrected chi connectivity index (χ3v) is 3.33. The van der Waals surface area contributed by atoms with Crippen LogP contribution in [-0.2, 0) is 20.7 Å². The molecule has 0 spiro atoms. The van der Waals surface area contributed by atoms with Crippen LogP contribution in [0.15, 0.2) is 24.3 Å². The molecule has 0 saturated carbocycles. The fraction of sp³-hybridized carbons (Fsp3) is 0.500. The molecule has 1 unspecified atom stereocenters. The fourth-order valence-corrected chi connectivity index (χ4v) is 2.07. The molecule has 1 N–H and O–H groups in total. The van der Waals surface area contributed by atoms with Crippen LogP contribution in [0.4, 0.5) is 0 Å². The largest absolute Gasteiger partial charge is 0.497 e. The number of aliphatic hydroxyl groups excluding tert-OH is 1. The van der Waals surface area contributed by atoms with E-state index in [1.54, 1.807) is 26.2 Å². The summed E-state index contributed by atoms with van der Waals surface area (Å²) < 4.78 is 9.73. The van der Waals surface area contributed by atoms with Crippen LogP contribution in [0.2, 0.25) is 0 Å². The summed E-state index contributed by atoms with van der Waals surface area (Å²) in [5.74, 6) is -0.228. The van der Waals surface area contributed by atoms with Crippen LogP contribution in [0, 0.1) is 5.92 Å². The van der Waals surface area contributed by atoms with E-state index in [1.165, 1.54) is 12.0 Å². The van der Waals surface area contributed by atoms with Crippen LogP contribution in [-0.4, -0.2) is 55.8 Å². The van der Waals surface area contributed by atoms with E-state index in [9.17, 15) is 9.59 Å². The van der Waals surface area contributed by atoms with Crippen molar-refractivity contribution < 1.29 is 24.2 Å². The Morgan fingerprint density at radius 3 is 2.36 bits per heavy atom. The highest BCUT2D eigenvalue weighted by molar-refractivity contribution is 5.80. The van der Waals surface area contributed by atoms with Crippen LogP contribution in [0.1, 0.15) is 12.5 Å². The van der Waals surface area contributed by atoms with Crippen molar-refractivity contribution in [1.82, 2.24) is 4.90 Å². The van der Waals surface area contributed by atoms with Gasteiger partial charge in [-0.15, -0.1) is 0 Å². The predicted molar refractivity (Wildman–Crippen MR) is 81.5 cm³/mol. The summed E-state index contributed by atoms with van der Waals surface area (Å²) in [6, 6.07) is 7.21. The Morgan fingerprint density at radius 1 is 1.23 bits per heavy atom. The number of methoxy groups -OCH3 is 2. The number of ether oxygens (including phenoxy) is 2. The van der Waals surface area contributed by atoms with E-state index in [-0.39, 0.29) is 38.0 Å². The van der Waals surface area contributed by atoms with Crippen molar-refractivity contribution in [3.05, 3.63) is 29.8 Å². The molecule has 0 heterocycles. The highest BCUT2D eigenvalue weighted by Gasteiger charge is 2.21. The van der Waals surface area contributed by atoms with Crippen molar-refractivity contribution in [2.24, 2.45) is 5.92 Å². The molecule has 0 aliphatic heterocycles. The topological polar surface area (TPSA) is 76.1 Å². The van der Waals surface area contributed by atoms with Gasteiger partial charge in [-0.25, -0.2) is 0 Å². The average molecular weight is 309 g/mol. The Balaban J connectivity index is 2.69. The van der Waals surface area contributed by atoms with Gasteiger partial charge >= 0.3 is 5.97 Å². The van der Waals surface area contributed by atoms with E-state index >= 15 is 0 Å². The second-order valence-corrected chi connectivity index (χ2v) is 5.01. The number of esters is 1. The Labute approximate surface area is 130 Å². The SMILES string of the molecule is COC(=O)C(C)CN(CCO)C(=O)Cc1ccc(OC)cc1. The van der Waals surface area contributed by atoms with E-state index in [0.29, 0.717) is 0 Å². The first kappa shape index (κ1) is 18.0. The van der Waals surface area contributed by atoms with Crippen molar-refractivity contribution in [2.45, 2.75) is 13.3 Å². The molecule has 0 radical (unpaired) electrons. The van der Waals surface area contributed by atoms with Gasteiger partial charge in [0, 0.05) is 13.1 Å². The summed E-state index contributed by atoms with van der Waals surface area (Å²) in [7, 11) is 2.89. The molecule has 0 bridgehead atoms. The molecule has 0 saturated heterocycles. The number of hydrogen-bond donors (Lipinski definition) is 1. The summed E-state index contributed by atoms with van der Waals surface area (Å²) >= 11 is 0. The lowest BCUT2D eigenvalue weighted by Gasteiger charge is -2.24. The minimum atomic E-state index is -0.434. The van der Waals surface area contributed by atoms with Gasteiger partial charge < -0.3 is 19.5 Å². The molecule has 22 heavy (non-hydrogen) atoms. The first-order valence-corrected chi connectivity index (χ1v) is 7.11. The van der Waals surface area contributed by atoms with Crippen LogP contribution in [0.25, 0.3) is 0 Å². The molecule has 0 fully saturated rings. The van der Waals surface area contributed by atoms with E-state index < -0.39 is 5.92 Å². The summed E-state index contributed by atoms with van der Waals surface area (Å²) in [5, 5.41) is 9.10. The number of aliphatic hydroxyl groups is 1. The minimum Gasteiger partial charge on any atom is -0.497 e. The first-order valence-electron chi connectivity index (χ1n) is 7.11. The van der Waals surface area contributed by atoms with Crippen molar-refractivity contribution in [1.29, 1.82) is 0 Å². The maximum atomic E-state index is 12.3. The quantitative estimate of drug-likeness (QED) is 0.721. The maximum Gasteiger partial charge on any atom is 0.310 e. The smallest absolute Gasteiger partial charge is 0.310 e. The summed E-state index contributed by atoms with van der Waals surface area (Å²) in [5.41, 5.74) is 0.847. The van der Waals surface area contributed by atoms with Crippen LogP contribution >= 0.6 is 0 Å². The standard InChI is InChI=1S/C16H23NO5/c1-12(16(20)22-3)11-17(8-9-18)15(19)10-13-4-6-14(21-2)7-5-13/h4-7,12,18H,8-11H2,1-3H3. The Bertz CT molecular complexity index is 486. The van der Waals surface area contributed by atoms with Gasteiger partial charge in [0.2, 0.25) is 5.91 Å². The first-order chi connectivity index (χ1) is 10.5. The summed E-state index contributed by atoms with van der Waals surface area (Å²) in [6.45, 7) is 1.96. The van der Waals surface area contributed by atoms with Crippen molar-refractivity contribution in [3.63, 3.8) is 0 Å². The number of rotatable bonds is 8. The monoisotopic (exact) mass is 309 g/mol. The van der Waals surface area contributed by atoms with Gasteiger partial charge in [-0.3, -0.25) is 9.59 Å². The Morgan fingerprint density at radius 2 is 1.86 bits per heavy atom. The number of carbonyl (C=O) groups is 2. The molecule has 1 rings (SSSR count). The van der Waals surface area contributed by atoms with E-state index in [0.717, 1.165) is 11.3 Å². The van der Waals surface area contributed by atoms with Gasteiger partial charge in [-0.2, -0.15) is 0 Å². The van der Waals surface area contributed by atoms with Crippen molar-refractivity contribution in [3.8, 4) is 5.75 Å². The van der Waals surface area contributed by atoms with Gasteiger partial charge in [0.05, 0.1) is 33.2 Å². The van der Waals surface area contributed by atoms with E-state index in [1.807, 2.05) is 12.1 Å². The molecular formula is C16H23NO5. The zero-order chi connectivity index (χ0) is 16.5. The second-order valence-electron chi connectivity index (χ2n) is 5.01. The predicted octanol–water partition coefficient (Wildman–Crippen LogP) is 0.868. The van der Waals surface area contributed by atoms with Gasteiger partial charge in [-0.05, 0) is 17.7 Å². The van der Waals surface area contributed by atoms with Crippen LogP contribution in [0.5, 0.6) is 5.75 Å². The van der Waals surface area contributed by atoms with Gasteiger partial charge in [0.15, 0.2) is 0 Å². The number of nitrogens with zero attached hydrogens (tertiary/aromatic N) is 1. The molecular weight excluding hydrogens is 286 g/mol. The zero-order valence-electron chi connectivity index (χ0n) is 13.2. The molecule has 0 aliphatic rings. The average Bonchev–Trinajstić information content (AvgIpc) is 2.54. The summed E-state index contributed by atoms with van der Waals surface area (Å²) in [6.07, 6.45) is 0.206. The van der Waals surface area contributed by atoms with Gasteiger partial charge in [0.1, 0.15) is 5.75 Å². The maximum absolute atomic E-state index is 12.3. The molecule has 1 amide bonds. The number of carbonyl (C=O) groups excluding carboxylic acids is 2. The highest BCUT2D eigenvalue weighted by atomic mass is 16.5. The third kappa shape index (κ3) is 5.37. The summed E-state index contributed by atoms with van der Waals surface area (Å²) in [4.78, 5) is 25.3. The van der Waals surface area contributed by atoms with Crippen molar-refractivity contribution in [2.75, 3.05) is 33.9 Å². The van der Waals surface area contributed by atoms with Crippen LogP contribution < -0.4 is 4.74 Å². The number of hydrogen-bond acceptors (Lipinski definition) is 5. The normalized spacial score (nSPS) is 11.6. The van der Waals surface area contributed by atoms with Gasteiger partial charge in [0.25, 0.3) is 0 Å². The van der Waals surface area contributed by atoms with E-state index in [2.05, 4.69) is 4.74 Å². The highest BCUT2D eigenvalue weighted by Crippen LogP contribution is 2.13. The lowest BCUT2D eigenvalue weighted by molar-refractivity contribution is -0.146. The fourth-order valence-electron chi connectivity index (χ4n) is 2.07. The minimum absolute atomic E-state index is 0.144. The molecule has 6 heteroatoms. The zero-order valence-corrected chi connectivity index (χ0v) is 13.2. The molecule has 1 atom stereocenters. The molecule has 6 nitrogen and oxygen atoms in total. The lowest BCUT2D eigenvalue weighted by Crippen LogP contribution is -2.39. The van der Waals surface area contributed by atoms with E-state index in [4.69, 9.17) is 9.84 Å². The molecule has 122 valence electrons. The number of benzene rings is 1. The Kier molecular flexibility index (Phi) is 7.39. The lowest BCUT2D eigenvalue weighted by atomic mass is 10.1.